The van der Waals surface area contributed by atoms with E-state index in [0.717, 1.165) is 11.1 Å². The molecule has 0 spiro atoms. The van der Waals surface area contributed by atoms with Crippen molar-refractivity contribution < 1.29 is 18.8 Å². The molecular weight excluding hydrogens is 418 g/mol. The zero-order chi connectivity index (χ0) is 23.2. The van der Waals surface area contributed by atoms with Gasteiger partial charge in [0, 0.05) is 23.6 Å². The van der Waals surface area contributed by atoms with Gasteiger partial charge in [-0.05, 0) is 36.8 Å². The Bertz CT molecular complexity index is 1200. The fourth-order valence-electron chi connectivity index (χ4n) is 3.43. The van der Waals surface area contributed by atoms with Crippen LogP contribution in [0.2, 0.25) is 0 Å². The van der Waals surface area contributed by atoms with Crippen LogP contribution in [0.4, 0.5) is 0 Å². The molecule has 0 aliphatic rings. The Kier molecular flexibility index (Phi) is 6.69. The summed E-state index contributed by atoms with van der Waals surface area (Å²) in [6.07, 6.45) is 0.501. The highest BCUT2D eigenvalue weighted by molar-refractivity contribution is 5.94. The third-order valence-corrected chi connectivity index (χ3v) is 5.25. The average Bonchev–Trinajstić information content (AvgIpc) is 3.35. The maximum Gasteiger partial charge on any atom is 0.251 e. The number of aromatic nitrogens is 2. The lowest BCUT2D eigenvalue weighted by atomic mass is 10.0. The highest BCUT2D eigenvalue weighted by atomic mass is 16.5. The van der Waals surface area contributed by atoms with Crippen molar-refractivity contribution in [2.45, 2.75) is 19.4 Å². The predicted octanol–water partition coefficient (Wildman–Crippen LogP) is 4.78. The van der Waals surface area contributed by atoms with Crippen molar-refractivity contribution in [2.24, 2.45) is 0 Å². The Labute approximate surface area is 192 Å². The molecule has 33 heavy (non-hydrogen) atoms. The molecule has 0 unspecified atom stereocenters. The van der Waals surface area contributed by atoms with Crippen LogP contribution < -0.4 is 14.8 Å². The van der Waals surface area contributed by atoms with Crippen molar-refractivity contribution in [1.82, 2.24) is 15.5 Å². The molecule has 1 N–H and O–H groups in total. The molecule has 1 atom stereocenters. The molecule has 7 heteroatoms. The number of nitrogens with zero attached hydrogens (tertiary/aromatic N) is 2. The monoisotopic (exact) mass is 443 g/mol. The van der Waals surface area contributed by atoms with E-state index < -0.39 is 6.04 Å². The second kappa shape index (κ2) is 9.99. The summed E-state index contributed by atoms with van der Waals surface area (Å²) in [5.41, 5.74) is 3.37. The van der Waals surface area contributed by atoms with Crippen molar-refractivity contribution in [1.29, 1.82) is 0 Å². The lowest BCUT2D eigenvalue weighted by molar-refractivity contribution is 0.0928. The topological polar surface area (TPSA) is 86.5 Å². The van der Waals surface area contributed by atoms with Crippen LogP contribution in [0.3, 0.4) is 0 Å². The van der Waals surface area contributed by atoms with Gasteiger partial charge in [0.15, 0.2) is 0 Å². The first-order valence-electron chi connectivity index (χ1n) is 10.5. The second-order valence-electron chi connectivity index (χ2n) is 7.64. The molecule has 168 valence electrons. The third kappa shape index (κ3) is 5.38. The van der Waals surface area contributed by atoms with E-state index in [0.29, 0.717) is 40.8 Å². The SMILES string of the molecule is COc1cc(OC)cc(-c2noc([C@@H](Cc3ccccc3)NC(=O)c3ccc(C)cc3)n2)c1. The van der Waals surface area contributed by atoms with Gasteiger partial charge in [-0.1, -0.05) is 53.2 Å². The summed E-state index contributed by atoms with van der Waals surface area (Å²) in [5, 5.41) is 7.19. The van der Waals surface area contributed by atoms with Crippen molar-refractivity contribution in [3.05, 3.63) is 95.4 Å². The van der Waals surface area contributed by atoms with Gasteiger partial charge in [0.25, 0.3) is 5.91 Å². The molecular formula is C26H25N3O4. The van der Waals surface area contributed by atoms with E-state index in [-0.39, 0.29) is 5.91 Å². The Morgan fingerprint density at radius 2 is 1.64 bits per heavy atom. The lowest BCUT2D eigenvalue weighted by Gasteiger charge is -2.15. The molecule has 3 aromatic carbocycles. The molecule has 4 rings (SSSR count). The third-order valence-electron chi connectivity index (χ3n) is 5.25. The predicted molar refractivity (Wildman–Crippen MR) is 124 cm³/mol. The molecule has 0 fully saturated rings. The van der Waals surface area contributed by atoms with Crippen LogP contribution in [0.1, 0.15) is 33.4 Å². The maximum absolute atomic E-state index is 12.9. The fraction of sp³-hybridized carbons (Fsp3) is 0.192. The molecule has 1 aromatic heterocycles. The summed E-state index contributed by atoms with van der Waals surface area (Å²) >= 11 is 0. The van der Waals surface area contributed by atoms with Gasteiger partial charge in [-0.3, -0.25) is 4.79 Å². The van der Waals surface area contributed by atoms with E-state index >= 15 is 0 Å². The van der Waals surface area contributed by atoms with Gasteiger partial charge in [-0.25, -0.2) is 0 Å². The zero-order valence-corrected chi connectivity index (χ0v) is 18.7. The summed E-state index contributed by atoms with van der Waals surface area (Å²) in [5.74, 6) is 1.72. The van der Waals surface area contributed by atoms with E-state index in [9.17, 15) is 4.79 Å². The van der Waals surface area contributed by atoms with E-state index in [1.807, 2.05) is 49.4 Å². The fourth-order valence-corrected chi connectivity index (χ4v) is 3.43. The molecule has 0 bridgehead atoms. The van der Waals surface area contributed by atoms with Crippen molar-refractivity contribution in [2.75, 3.05) is 14.2 Å². The first-order chi connectivity index (χ1) is 16.1. The molecule has 1 amide bonds. The molecule has 0 radical (unpaired) electrons. The number of methoxy groups -OCH3 is 2. The number of rotatable bonds is 8. The van der Waals surface area contributed by atoms with Gasteiger partial charge in [0.1, 0.15) is 17.5 Å². The second-order valence-corrected chi connectivity index (χ2v) is 7.64. The van der Waals surface area contributed by atoms with Crippen LogP contribution in [0.15, 0.2) is 77.3 Å². The van der Waals surface area contributed by atoms with E-state index in [1.165, 1.54) is 0 Å². The number of aryl methyl sites for hydroxylation is 1. The van der Waals surface area contributed by atoms with Crippen LogP contribution >= 0.6 is 0 Å². The van der Waals surface area contributed by atoms with Crippen LogP contribution in [-0.2, 0) is 6.42 Å². The van der Waals surface area contributed by atoms with E-state index in [1.54, 1.807) is 44.6 Å². The number of carbonyl (C=O) groups excluding carboxylic acids is 1. The molecule has 1 heterocycles. The number of hydrogen-bond donors (Lipinski definition) is 1. The number of hydrogen-bond acceptors (Lipinski definition) is 6. The Morgan fingerprint density at radius 1 is 0.970 bits per heavy atom. The van der Waals surface area contributed by atoms with Crippen LogP contribution in [-0.4, -0.2) is 30.3 Å². The normalized spacial score (nSPS) is 11.6. The quantitative estimate of drug-likeness (QED) is 0.422. The highest BCUT2D eigenvalue weighted by Gasteiger charge is 2.23. The smallest absolute Gasteiger partial charge is 0.251 e. The van der Waals surface area contributed by atoms with E-state index in [4.69, 9.17) is 14.0 Å². The number of benzene rings is 3. The summed E-state index contributed by atoms with van der Waals surface area (Å²) in [7, 11) is 3.16. The number of nitrogens with one attached hydrogen (secondary N) is 1. The maximum atomic E-state index is 12.9. The molecule has 0 saturated carbocycles. The first kappa shape index (κ1) is 22.1. The largest absolute Gasteiger partial charge is 0.497 e. The van der Waals surface area contributed by atoms with Crippen molar-refractivity contribution >= 4 is 5.91 Å². The van der Waals surface area contributed by atoms with E-state index in [2.05, 4.69) is 15.5 Å². The Hall–Kier alpha value is -4.13. The first-order valence-corrected chi connectivity index (χ1v) is 10.5. The van der Waals surface area contributed by atoms with Crippen molar-refractivity contribution in [3.63, 3.8) is 0 Å². The van der Waals surface area contributed by atoms with Gasteiger partial charge in [0.05, 0.1) is 14.2 Å². The van der Waals surface area contributed by atoms with Gasteiger partial charge in [-0.2, -0.15) is 4.98 Å². The van der Waals surface area contributed by atoms with Crippen molar-refractivity contribution in [3.8, 4) is 22.9 Å². The minimum Gasteiger partial charge on any atom is -0.497 e. The lowest BCUT2D eigenvalue weighted by Crippen LogP contribution is -2.30. The highest BCUT2D eigenvalue weighted by Crippen LogP contribution is 2.29. The van der Waals surface area contributed by atoms with Gasteiger partial charge < -0.3 is 19.3 Å². The zero-order valence-electron chi connectivity index (χ0n) is 18.7. The molecule has 0 aliphatic carbocycles. The standard InChI is InChI=1S/C26H25N3O4/c1-17-9-11-19(12-10-17)25(30)27-23(13-18-7-5-4-6-8-18)26-28-24(29-33-26)20-14-21(31-2)16-22(15-20)32-3/h4-12,14-16,23H,13H2,1-3H3,(H,27,30)/t23-/m1/s1. The molecule has 7 nitrogen and oxygen atoms in total. The number of carbonyl (C=O) groups is 1. The molecule has 0 saturated heterocycles. The Balaban J connectivity index is 1.64. The summed E-state index contributed by atoms with van der Waals surface area (Å²) < 4.78 is 16.3. The average molecular weight is 444 g/mol. The minimum atomic E-state index is -0.505. The molecule has 0 aliphatic heterocycles. The summed E-state index contributed by atoms with van der Waals surface area (Å²) in [4.78, 5) is 17.5. The van der Waals surface area contributed by atoms with Crippen LogP contribution in [0.25, 0.3) is 11.4 Å². The van der Waals surface area contributed by atoms with Gasteiger partial charge in [-0.15, -0.1) is 0 Å². The van der Waals surface area contributed by atoms with Gasteiger partial charge >= 0.3 is 0 Å². The van der Waals surface area contributed by atoms with Crippen LogP contribution in [0, 0.1) is 6.92 Å². The summed E-state index contributed by atoms with van der Waals surface area (Å²) in [6, 6.07) is 22.1. The number of ether oxygens (including phenoxy) is 2. The summed E-state index contributed by atoms with van der Waals surface area (Å²) in [6.45, 7) is 1.98. The number of amides is 1. The van der Waals surface area contributed by atoms with Gasteiger partial charge in [0.2, 0.25) is 11.7 Å². The molecule has 4 aromatic rings. The van der Waals surface area contributed by atoms with Crippen LogP contribution in [0.5, 0.6) is 11.5 Å². The Morgan fingerprint density at radius 3 is 2.27 bits per heavy atom. The minimum absolute atomic E-state index is 0.210.